The molecule has 1 atom stereocenters. The molecule has 1 amide bonds. The van der Waals surface area contributed by atoms with E-state index in [1.54, 1.807) is 29.5 Å². The molecule has 6 nitrogen and oxygen atoms in total. The number of hydrogen-bond donors (Lipinski definition) is 2. The number of thiophene rings is 2. The molecular formula is C21H19N3O3S2. The van der Waals surface area contributed by atoms with Crippen LogP contribution < -0.4 is 15.4 Å². The van der Waals surface area contributed by atoms with E-state index in [2.05, 4.69) is 22.6 Å². The van der Waals surface area contributed by atoms with Gasteiger partial charge in [-0.05, 0) is 48.2 Å². The number of nitrogens with zero attached hydrogens (tertiary/aromatic N) is 1. The number of rotatable bonds is 3. The van der Waals surface area contributed by atoms with Gasteiger partial charge in [0, 0.05) is 18.0 Å². The van der Waals surface area contributed by atoms with Crippen LogP contribution in [0.3, 0.4) is 0 Å². The van der Waals surface area contributed by atoms with Crippen LogP contribution in [0.4, 0.5) is 5.00 Å². The van der Waals surface area contributed by atoms with Crippen molar-refractivity contribution in [1.82, 2.24) is 10.2 Å². The largest absolute Gasteiger partial charge is 0.422 e. The van der Waals surface area contributed by atoms with Gasteiger partial charge >= 0.3 is 5.97 Å². The Bertz CT molecular complexity index is 1070. The second-order valence-electron chi connectivity index (χ2n) is 7.18. The number of amides is 1. The number of nitrogens with one attached hydrogen (secondary N) is 2. The van der Waals surface area contributed by atoms with E-state index >= 15 is 0 Å². The predicted molar refractivity (Wildman–Crippen MR) is 114 cm³/mol. The van der Waals surface area contributed by atoms with Crippen molar-refractivity contribution in [3.05, 3.63) is 68.2 Å². The maximum atomic E-state index is 12.8. The summed E-state index contributed by atoms with van der Waals surface area (Å²) in [5, 5.41) is 9.29. The zero-order valence-corrected chi connectivity index (χ0v) is 17.4. The Hall–Kier alpha value is -2.68. The Morgan fingerprint density at radius 2 is 2.03 bits per heavy atom. The summed E-state index contributed by atoms with van der Waals surface area (Å²) >= 11 is 3.02. The predicted octanol–water partition coefficient (Wildman–Crippen LogP) is 3.87. The van der Waals surface area contributed by atoms with Gasteiger partial charge in [0.15, 0.2) is 0 Å². The number of carbonyl (C=O) groups is 2. The second kappa shape index (κ2) is 7.29. The molecule has 2 aliphatic heterocycles. The average molecular weight is 426 g/mol. The van der Waals surface area contributed by atoms with Crippen LogP contribution in [-0.2, 0) is 13.0 Å². The summed E-state index contributed by atoms with van der Waals surface area (Å²) in [6, 6.07) is 10.8. The number of fused-ring (bicyclic) bond motifs is 3. The van der Waals surface area contributed by atoms with Crippen LogP contribution in [0.25, 0.3) is 0 Å². The third-order valence-corrected chi connectivity index (χ3v) is 7.17. The lowest BCUT2D eigenvalue weighted by Crippen LogP contribution is -2.38. The molecular weight excluding hydrogens is 406 g/mol. The first kappa shape index (κ1) is 18.4. The summed E-state index contributed by atoms with van der Waals surface area (Å²) in [4.78, 5) is 29.0. The molecule has 0 radical (unpaired) electrons. The van der Waals surface area contributed by atoms with Crippen molar-refractivity contribution in [2.24, 2.45) is 0 Å². The monoisotopic (exact) mass is 425 g/mol. The Labute approximate surface area is 176 Å². The normalized spacial score (nSPS) is 18.4. The molecule has 2 aromatic heterocycles. The molecule has 3 aromatic rings. The molecule has 1 unspecified atom stereocenters. The van der Waals surface area contributed by atoms with E-state index in [-0.39, 0.29) is 18.0 Å². The zero-order chi connectivity index (χ0) is 20.0. The Morgan fingerprint density at radius 3 is 2.79 bits per heavy atom. The van der Waals surface area contributed by atoms with Crippen molar-refractivity contribution in [3.63, 3.8) is 0 Å². The van der Waals surface area contributed by atoms with Gasteiger partial charge in [0.2, 0.25) is 0 Å². The molecule has 0 saturated carbocycles. The molecule has 148 valence electrons. The highest BCUT2D eigenvalue weighted by Gasteiger charge is 2.32. The van der Waals surface area contributed by atoms with Gasteiger partial charge in [-0.15, -0.1) is 22.7 Å². The Kier molecular flexibility index (Phi) is 4.61. The lowest BCUT2D eigenvalue weighted by atomic mass is 10.0. The van der Waals surface area contributed by atoms with Crippen LogP contribution in [0, 0.1) is 0 Å². The molecule has 1 aromatic carbocycles. The summed E-state index contributed by atoms with van der Waals surface area (Å²) in [6.07, 6.45) is 0.594. The van der Waals surface area contributed by atoms with Crippen LogP contribution in [0.2, 0.25) is 0 Å². The quantitative estimate of drug-likeness (QED) is 0.492. The highest BCUT2D eigenvalue weighted by atomic mass is 32.1. The molecule has 2 N–H and O–H groups in total. The van der Waals surface area contributed by atoms with E-state index in [4.69, 9.17) is 4.74 Å². The topological polar surface area (TPSA) is 70.7 Å². The highest BCUT2D eigenvalue weighted by Crippen LogP contribution is 2.40. The van der Waals surface area contributed by atoms with E-state index in [1.807, 2.05) is 23.6 Å². The van der Waals surface area contributed by atoms with Gasteiger partial charge in [-0.2, -0.15) is 0 Å². The van der Waals surface area contributed by atoms with E-state index in [1.165, 1.54) is 21.8 Å². The van der Waals surface area contributed by atoms with Crippen molar-refractivity contribution in [3.8, 4) is 5.75 Å². The third kappa shape index (κ3) is 3.43. The van der Waals surface area contributed by atoms with Gasteiger partial charge in [0.25, 0.3) is 5.91 Å². The van der Waals surface area contributed by atoms with E-state index in [0.717, 1.165) is 35.6 Å². The number of ether oxygens (including phenoxy) is 1. The fourth-order valence-electron chi connectivity index (χ4n) is 3.69. The molecule has 0 aliphatic carbocycles. The minimum absolute atomic E-state index is 0.0287. The summed E-state index contributed by atoms with van der Waals surface area (Å²) in [5.74, 6) is 0.0826. The molecule has 5 rings (SSSR count). The SMILES string of the molecule is CN1CCc2c(sc3c2C(=O)NC(c2ccc(OC(=O)c4cccs4)cc2)N3)C1. The summed E-state index contributed by atoms with van der Waals surface area (Å²) in [6.45, 7) is 1.86. The lowest BCUT2D eigenvalue weighted by Gasteiger charge is -2.27. The fourth-order valence-corrected chi connectivity index (χ4v) is 5.64. The summed E-state index contributed by atoms with van der Waals surface area (Å²) in [5.41, 5.74) is 2.89. The first-order valence-electron chi connectivity index (χ1n) is 9.34. The Balaban J connectivity index is 1.33. The number of esters is 1. The molecule has 0 saturated heterocycles. The van der Waals surface area contributed by atoms with Crippen molar-refractivity contribution in [1.29, 1.82) is 0 Å². The molecule has 2 aliphatic rings. The Morgan fingerprint density at radius 1 is 1.21 bits per heavy atom. The second-order valence-corrected chi connectivity index (χ2v) is 9.24. The maximum absolute atomic E-state index is 12.8. The molecule has 0 bridgehead atoms. The molecule has 29 heavy (non-hydrogen) atoms. The summed E-state index contributed by atoms with van der Waals surface area (Å²) in [7, 11) is 2.10. The van der Waals surface area contributed by atoms with Crippen molar-refractivity contribution in [2.75, 3.05) is 18.9 Å². The van der Waals surface area contributed by atoms with Gasteiger partial charge in [-0.25, -0.2) is 4.79 Å². The fraction of sp³-hybridized carbons (Fsp3) is 0.238. The van der Waals surface area contributed by atoms with Crippen molar-refractivity contribution >= 4 is 39.6 Å². The smallest absolute Gasteiger partial charge is 0.353 e. The van der Waals surface area contributed by atoms with Crippen molar-refractivity contribution < 1.29 is 14.3 Å². The van der Waals surface area contributed by atoms with Crippen LogP contribution in [0.1, 0.15) is 42.2 Å². The summed E-state index contributed by atoms with van der Waals surface area (Å²) < 4.78 is 5.40. The van der Waals surface area contributed by atoms with Gasteiger partial charge in [-0.3, -0.25) is 4.79 Å². The number of carbonyl (C=O) groups excluding carboxylic acids is 2. The first-order chi connectivity index (χ1) is 14.1. The average Bonchev–Trinajstić information content (AvgIpc) is 3.36. The standard InChI is InChI=1S/C21H19N3O3S2/c1-24-9-8-14-16(11-24)29-20-17(14)19(25)22-18(23-20)12-4-6-13(7-5-12)27-21(26)15-3-2-10-28-15/h2-7,10,18,23H,8-9,11H2,1H3,(H,22,25). The van der Waals surface area contributed by atoms with E-state index in [0.29, 0.717) is 10.6 Å². The van der Waals surface area contributed by atoms with Crippen molar-refractivity contribution in [2.45, 2.75) is 19.1 Å². The highest BCUT2D eigenvalue weighted by molar-refractivity contribution is 7.16. The number of benzene rings is 1. The minimum Gasteiger partial charge on any atom is -0.422 e. The van der Waals surface area contributed by atoms with E-state index in [9.17, 15) is 9.59 Å². The van der Waals surface area contributed by atoms with Crippen LogP contribution in [0.5, 0.6) is 5.75 Å². The van der Waals surface area contributed by atoms with Gasteiger partial charge in [0.05, 0.1) is 5.56 Å². The number of likely N-dealkylation sites (N-methyl/N-ethyl adjacent to an activating group) is 1. The first-order valence-corrected chi connectivity index (χ1v) is 11.0. The molecule has 0 spiro atoms. The number of anilines is 1. The number of hydrogen-bond acceptors (Lipinski definition) is 7. The van der Waals surface area contributed by atoms with Crippen LogP contribution >= 0.6 is 22.7 Å². The molecule has 4 heterocycles. The van der Waals surface area contributed by atoms with Gasteiger partial charge < -0.3 is 20.3 Å². The lowest BCUT2D eigenvalue weighted by molar-refractivity contribution is 0.0739. The third-order valence-electron chi connectivity index (χ3n) is 5.17. The van der Waals surface area contributed by atoms with Gasteiger partial charge in [-0.1, -0.05) is 18.2 Å². The van der Waals surface area contributed by atoms with Crippen LogP contribution in [0.15, 0.2) is 41.8 Å². The minimum atomic E-state index is -0.365. The molecule has 0 fully saturated rings. The van der Waals surface area contributed by atoms with E-state index < -0.39 is 0 Å². The van der Waals surface area contributed by atoms with Crippen LogP contribution in [-0.4, -0.2) is 30.4 Å². The van der Waals surface area contributed by atoms with Gasteiger partial charge in [0.1, 0.15) is 21.8 Å². The maximum Gasteiger partial charge on any atom is 0.353 e. The zero-order valence-electron chi connectivity index (χ0n) is 15.7. The molecule has 8 heteroatoms.